The Hall–Kier alpha value is -2.40. The first kappa shape index (κ1) is 20.2. The summed E-state index contributed by atoms with van der Waals surface area (Å²) >= 11 is 2.24. The number of rotatable bonds is 3. The number of anilines is 1. The van der Waals surface area contributed by atoms with Crippen LogP contribution >= 0.6 is 22.6 Å². The van der Waals surface area contributed by atoms with Gasteiger partial charge < -0.3 is 9.64 Å². The lowest BCUT2D eigenvalue weighted by atomic mass is 9.90. The number of halogens is 1. The van der Waals surface area contributed by atoms with E-state index in [2.05, 4.69) is 27.7 Å². The first-order valence-electron chi connectivity index (χ1n) is 10.4. The molecule has 164 valence electrons. The third-order valence-electron chi connectivity index (χ3n) is 6.55. The SMILES string of the molecule is CS(=O)(=O)c1nn(-c2ccc3c(c2)CCO3)c2c1C1(CC1)CN(c1ccc(I)cc1)C2=O. The molecule has 1 aliphatic carbocycles. The van der Waals surface area contributed by atoms with E-state index < -0.39 is 9.84 Å². The third kappa shape index (κ3) is 3.01. The van der Waals surface area contributed by atoms with Crippen molar-refractivity contribution in [3.63, 3.8) is 0 Å². The summed E-state index contributed by atoms with van der Waals surface area (Å²) in [5.74, 6) is 0.599. The standard InChI is InChI=1S/C23H20IN3O4S/c1-32(29,30)21-19-20(27(25-21)17-6-7-18-14(12-17)8-11-31-18)22(28)26(13-23(19)9-10-23)16-4-2-15(24)3-5-16/h2-7,12H,8-11,13H2,1H3. The van der Waals surface area contributed by atoms with Crippen molar-refractivity contribution in [3.05, 3.63) is 62.9 Å². The van der Waals surface area contributed by atoms with Crippen LogP contribution < -0.4 is 9.64 Å². The molecule has 0 bridgehead atoms. The molecule has 1 amide bonds. The van der Waals surface area contributed by atoms with Gasteiger partial charge in [0.2, 0.25) is 0 Å². The molecular formula is C23H20IN3O4S. The molecule has 1 saturated carbocycles. The molecule has 32 heavy (non-hydrogen) atoms. The molecule has 3 heterocycles. The van der Waals surface area contributed by atoms with Gasteiger partial charge in [0.05, 0.1) is 12.3 Å². The Morgan fingerprint density at radius 2 is 1.81 bits per heavy atom. The molecule has 9 heteroatoms. The van der Waals surface area contributed by atoms with Gasteiger partial charge in [-0.3, -0.25) is 4.79 Å². The Bertz CT molecular complexity index is 1390. The van der Waals surface area contributed by atoms with E-state index >= 15 is 0 Å². The summed E-state index contributed by atoms with van der Waals surface area (Å²) in [6, 6.07) is 13.5. The van der Waals surface area contributed by atoms with Crippen LogP contribution in [0.25, 0.3) is 5.69 Å². The minimum Gasteiger partial charge on any atom is -0.493 e. The fourth-order valence-electron chi connectivity index (χ4n) is 4.79. The lowest BCUT2D eigenvalue weighted by Gasteiger charge is -2.33. The van der Waals surface area contributed by atoms with Crippen molar-refractivity contribution in [2.24, 2.45) is 0 Å². The largest absolute Gasteiger partial charge is 0.493 e. The second-order valence-corrected chi connectivity index (χ2v) is 11.9. The maximum absolute atomic E-state index is 13.8. The van der Waals surface area contributed by atoms with Gasteiger partial charge in [0.15, 0.2) is 14.9 Å². The van der Waals surface area contributed by atoms with Crippen molar-refractivity contribution < 1.29 is 17.9 Å². The second kappa shape index (κ2) is 6.80. The zero-order valence-electron chi connectivity index (χ0n) is 17.3. The molecule has 1 fully saturated rings. The van der Waals surface area contributed by atoms with Crippen LogP contribution in [0.5, 0.6) is 5.75 Å². The number of aromatic nitrogens is 2. The Morgan fingerprint density at radius 1 is 1.09 bits per heavy atom. The van der Waals surface area contributed by atoms with Gasteiger partial charge in [-0.2, -0.15) is 5.10 Å². The highest BCUT2D eigenvalue weighted by molar-refractivity contribution is 14.1. The van der Waals surface area contributed by atoms with Crippen LogP contribution in [-0.2, 0) is 21.7 Å². The molecule has 0 atom stereocenters. The van der Waals surface area contributed by atoms with E-state index in [4.69, 9.17) is 4.74 Å². The van der Waals surface area contributed by atoms with Crippen LogP contribution in [0.4, 0.5) is 5.69 Å². The zero-order valence-corrected chi connectivity index (χ0v) is 20.3. The number of fused-ring (bicyclic) bond motifs is 3. The van der Waals surface area contributed by atoms with E-state index in [0.29, 0.717) is 30.1 Å². The summed E-state index contributed by atoms with van der Waals surface area (Å²) in [6.07, 6.45) is 3.61. The van der Waals surface area contributed by atoms with E-state index in [9.17, 15) is 13.2 Å². The van der Waals surface area contributed by atoms with Gasteiger partial charge in [0.1, 0.15) is 11.4 Å². The second-order valence-electron chi connectivity index (χ2n) is 8.75. The summed E-state index contributed by atoms with van der Waals surface area (Å²) in [5.41, 5.74) is 3.09. The van der Waals surface area contributed by atoms with Crippen molar-refractivity contribution in [2.45, 2.75) is 29.7 Å². The normalized spacial score (nSPS) is 18.4. The molecule has 0 radical (unpaired) electrons. The fraction of sp³-hybridized carbons (Fsp3) is 0.304. The number of sulfone groups is 1. The Labute approximate surface area is 199 Å². The van der Waals surface area contributed by atoms with Gasteiger partial charge in [-0.25, -0.2) is 13.1 Å². The van der Waals surface area contributed by atoms with Crippen LogP contribution in [0.15, 0.2) is 47.5 Å². The number of nitrogens with zero attached hydrogens (tertiary/aromatic N) is 3. The van der Waals surface area contributed by atoms with Gasteiger partial charge in [-0.1, -0.05) is 0 Å². The molecule has 2 aliphatic heterocycles. The number of benzene rings is 2. The van der Waals surface area contributed by atoms with Gasteiger partial charge >= 0.3 is 0 Å². The summed E-state index contributed by atoms with van der Waals surface area (Å²) in [7, 11) is -3.61. The minimum absolute atomic E-state index is 0.0253. The van der Waals surface area contributed by atoms with Crippen LogP contribution in [0.1, 0.15) is 34.5 Å². The number of amides is 1. The summed E-state index contributed by atoms with van der Waals surface area (Å²) < 4.78 is 33.7. The molecule has 0 unspecified atom stereocenters. The van der Waals surface area contributed by atoms with E-state index in [1.54, 1.807) is 4.90 Å². The monoisotopic (exact) mass is 561 g/mol. The highest BCUT2D eigenvalue weighted by atomic mass is 127. The lowest BCUT2D eigenvalue weighted by molar-refractivity contribution is 0.0966. The lowest BCUT2D eigenvalue weighted by Crippen LogP contribution is -2.44. The maximum Gasteiger partial charge on any atom is 0.277 e. The molecular weight excluding hydrogens is 541 g/mol. The van der Waals surface area contributed by atoms with Crippen molar-refractivity contribution in [1.29, 1.82) is 0 Å². The number of carbonyl (C=O) groups excluding carboxylic acids is 1. The number of ether oxygens (including phenoxy) is 1. The third-order valence-corrected chi connectivity index (χ3v) is 8.26. The first-order valence-corrected chi connectivity index (χ1v) is 13.4. The molecule has 2 aromatic carbocycles. The Balaban J connectivity index is 1.58. The van der Waals surface area contributed by atoms with E-state index in [1.807, 2.05) is 42.5 Å². The molecule has 1 aromatic heterocycles. The van der Waals surface area contributed by atoms with Crippen molar-refractivity contribution in [3.8, 4) is 11.4 Å². The number of carbonyl (C=O) groups is 1. The van der Waals surface area contributed by atoms with Gasteiger partial charge in [0.25, 0.3) is 5.91 Å². The number of hydrogen-bond donors (Lipinski definition) is 0. The first-order chi connectivity index (χ1) is 15.3. The van der Waals surface area contributed by atoms with Gasteiger partial charge in [0, 0.05) is 39.5 Å². The molecule has 7 nitrogen and oxygen atoms in total. The zero-order chi connectivity index (χ0) is 22.3. The van der Waals surface area contributed by atoms with Crippen molar-refractivity contribution in [2.75, 3.05) is 24.3 Å². The molecule has 0 saturated heterocycles. The van der Waals surface area contributed by atoms with E-state index in [-0.39, 0.29) is 16.3 Å². The summed E-state index contributed by atoms with van der Waals surface area (Å²) in [5, 5.41) is 4.55. The molecule has 6 rings (SSSR count). The maximum atomic E-state index is 13.8. The number of hydrogen-bond acceptors (Lipinski definition) is 5. The van der Waals surface area contributed by atoms with Crippen LogP contribution in [-0.4, -0.2) is 43.5 Å². The molecule has 0 N–H and O–H groups in total. The van der Waals surface area contributed by atoms with Crippen LogP contribution in [0, 0.1) is 3.57 Å². The van der Waals surface area contributed by atoms with E-state index in [0.717, 1.165) is 39.8 Å². The molecule has 3 aromatic rings. The summed E-state index contributed by atoms with van der Waals surface area (Å²) in [6.45, 7) is 1.08. The molecule has 1 spiro atoms. The smallest absolute Gasteiger partial charge is 0.277 e. The topological polar surface area (TPSA) is 81.5 Å². The van der Waals surface area contributed by atoms with Gasteiger partial charge in [-0.15, -0.1) is 0 Å². The highest BCUT2D eigenvalue weighted by Gasteiger charge is 2.56. The van der Waals surface area contributed by atoms with Crippen molar-refractivity contribution in [1.82, 2.24) is 9.78 Å². The fourth-order valence-corrected chi connectivity index (χ4v) is 6.07. The predicted molar refractivity (Wildman–Crippen MR) is 128 cm³/mol. The predicted octanol–water partition coefficient (Wildman–Crippen LogP) is 3.51. The minimum atomic E-state index is -3.61. The molecule has 3 aliphatic rings. The Morgan fingerprint density at radius 3 is 2.50 bits per heavy atom. The average Bonchev–Trinajstić information content (AvgIpc) is 3.18. The van der Waals surface area contributed by atoms with Gasteiger partial charge in [-0.05, 0) is 83.5 Å². The average molecular weight is 561 g/mol. The summed E-state index contributed by atoms with van der Waals surface area (Å²) in [4.78, 5) is 15.6. The van der Waals surface area contributed by atoms with Crippen LogP contribution in [0.3, 0.4) is 0 Å². The van der Waals surface area contributed by atoms with Crippen LogP contribution in [0.2, 0.25) is 0 Å². The Kier molecular flexibility index (Phi) is 4.30. The van der Waals surface area contributed by atoms with E-state index in [1.165, 1.54) is 10.9 Å². The highest BCUT2D eigenvalue weighted by Crippen LogP contribution is 2.55. The van der Waals surface area contributed by atoms with Crippen molar-refractivity contribution >= 4 is 44.0 Å². The quantitative estimate of drug-likeness (QED) is 0.458.